The van der Waals surface area contributed by atoms with Gasteiger partial charge in [-0.2, -0.15) is 0 Å². The molecule has 0 saturated heterocycles. The zero-order valence-corrected chi connectivity index (χ0v) is 13.5. The fourth-order valence-corrected chi connectivity index (χ4v) is 2.31. The standard InChI is InChI=1S/C16H29N3O/c1-6-19(14(4)12-20-5)16-7-8-18-15(9-16)11-17-10-13(2)3/h7-9,13-14,17H,6,10-12H2,1-5H3. The van der Waals surface area contributed by atoms with Crippen molar-refractivity contribution in [3.05, 3.63) is 24.0 Å². The number of ether oxygens (including phenoxy) is 1. The summed E-state index contributed by atoms with van der Waals surface area (Å²) in [6, 6.07) is 4.61. The molecule has 0 fully saturated rings. The fraction of sp³-hybridized carbons (Fsp3) is 0.688. The molecule has 4 nitrogen and oxygen atoms in total. The Bertz CT molecular complexity index is 382. The molecule has 0 bridgehead atoms. The van der Waals surface area contributed by atoms with Crippen LogP contribution in [-0.4, -0.2) is 37.8 Å². The number of hydrogen-bond acceptors (Lipinski definition) is 4. The Morgan fingerprint density at radius 2 is 2.10 bits per heavy atom. The molecular formula is C16H29N3O. The van der Waals surface area contributed by atoms with Crippen LogP contribution in [0.5, 0.6) is 0 Å². The van der Waals surface area contributed by atoms with E-state index in [0.717, 1.165) is 31.9 Å². The smallest absolute Gasteiger partial charge is 0.0663 e. The lowest BCUT2D eigenvalue weighted by Crippen LogP contribution is -2.36. The van der Waals surface area contributed by atoms with Crippen LogP contribution in [-0.2, 0) is 11.3 Å². The van der Waals surface area contributed by atoms with Crippen molar-refractivity contribution in [2.45, 2.75) is 40.3 Å². The summed E-state index contributed by atoms with van der Waals surface area (Å²) >= 11 is 0. The van der Waals surface area contributed by atoms with Crippen LogP contribution in [0.15, 0.2) is 18.3 Å². The second-order valence-corrected chi connectivity index (χ2v) is 5.62. The largest absolute Gasteiger partial charge is 0.383 e. The van der Waals surface area contributed by atoms with E-state index in [-0.39, 0.29) is 0 Å². The van der Waals surface area contributed by atoms with Crippen molar-refractivity contribution < 1.29 is 4.74 Å². The Labute approximate surface area is 123 Å². The first-order valence-corrected chi connectivity index (χ1v) is 7.49. The Kier molecular flexibility index (Phi) is 7.55. The number of pyridine rings is 1. The molecule has 1 rings (SSSR count). The van der Waals surface area contributed by atoms with E-state index in [0.29, 0.717) is 12.0 Å². The van der Waals surface area contributed by atoms with E-state index in [1.165, 1.54) is 5.69 Å². The zero-order valence-electron chi connectivity index (χ0n) is 13.5. The number of rotatable bonds is 9. The summed E-state index contributed by atoms with van der Waals surface area (Å²) < 4.78 is 5.26. The topological polar surface area (TPSA) is 37.4 Å². The molecule has 0 aliphatic carbocycles. The molecule has 0 amide bonds. The Morgan fingerprint density at radius 1 is 1.35 bits per heavy atom. The highest BCUT2D eigenvalue weighted by molar-refractivity contribution is 5.47. The van der Waals surface area contributed by atoms with Crippen LogP contribution in [0.1, 0.15) is 33.4 Å². The van der Waals surface area contributed by atoms with Gasteiger partial charge in [0.2, 0.25) is 0 Å². The van der Waals surface area contributed by atoms with Gasteiger partial charge in [0.15, 0.2) is 0 Å². The number of nitrogens with one attached hydrogen (secondary N) is 1. The van der Waals surface area contributed by atoms with Crippen LogP contribution in [0.4, 0.5) is 5.69 Å². The van der Waals surface area contributed by atoms with Gasteiger partial charge in [-0.25, -0.2) is 0 Å². The van der Waals surface area contributed by atoms with Crippen LogP contribution in [0.25, 0.3) is 0 Å². The third-order valence-corrected chi connectivity index (χ3v) is 3.27. The quantitative estimate of drug-likeness (QED) is 0.754. The summed E-state index contributed by atoms with van der Waals surface area (Å²) in [5.41, 5.74) is 2.31. The second kappa shape index (κ2) is 8.93. The van der Waals surface area contributed by atoms with Crippen LogP contribution in [0.2, 0.25) is 0 Å². The van der Waals surface area contributed by atoms with E-state index in [9.17, 15) is 0 Å². The van der Waals surface area contributed by atoms with Crippen LogP contribution >= 0.6 is 0 Å². The first-order chi connectivity index (χ1) is 9.58. The van der Waals surface area contributed by atoms with Gasteiger partial charge in [-0.3, -0.25) is 4.98 Å². The van der Waals surface area contributed by atoms with E-state index in [4.69, 9.17) is 4.74 Å². The lowest BCUT2D eigenvalue weighted by atomic mass is 10.2. The number of likely N-dealkylation sites (N-methyl/N-ethyl adjacent to an activating group) is 1. The Morgan fingerprint density at radius 3 is 2.70 bits per heavy atom. The molecule has 0 radical (unpaired) electrons. The van der Waals surface area contributed by atoms with E-state index >= 15 is 0 Å². The van der Waals surface area contributed by atoms with Crippen molar-refractivity contribution in [2.75, 3.05) is 31.7 Å². The molecule has 1 atom stereocenters. The van der Waals surface area contributed by atoms with Crippen LogP contribution < -0.4 is 10.2 Å². The van der Waals surface area contributed by atoms with Gasteiger partial charge in [0.1, 0.15) is 0 Å². The summed E-state index contributed by atoms with van der Waals surface area (Å²) in [6.07, 6.45) is 1.89. The van der Waals surface area contributed by atoms with Crippen LogP contribution in [0, 0.1) is 5.92 Å². The molecule has 0 spiro atoms. The maximum atomic E-state index is 5.26. The normalized spacial score (nSPS) is 12.7. The summed E-state index contributed by atoms with van der Waals surface area (Å²) in [5, 5.41) is 3.43. The average Bonchev–Trinajstić information content (AvgIpc) is 2.40. The number of anilines is 1. The molecule has 1 aromatic heterocycles. The minimum Gasteiger partial charge on any atom is -0.383 e. The highest BCUT2D eigenvalue weighted by atomic mass is 16.5. The first kappa shape index (κ1) is 16.9. The maximum absolute atomic E-state index is 5.26. The second-order valence-electron chi connectivity index (χ2n) is 5.62. The summed E-state index contributed by atoms with van der Waals surface area (Å²) in [7, 11) is 1.75. The molecule has 0 saturated carbocycles. The van der Waals surface area contributed by atoms with E-state index in [1.54, 1.807) is 7.11 Å². The van der Waals surface area contributed by atoms with Crippen molar-refractivity contribution in [2.24, 2.45) is 5.92 Å². The van der Waals surface area contributed by atoms with Crippen molar-refractivity contribution in [1.82, 2.24) is 10.3 Å². The summed E-state index contributed by atoms with van der Waals surface area (Å²) in [4.78, 5) is 6.78. The summed E-state index contributed by atoms with van der Waals surface area (Å²) in [5.74, 6) is 0.659. The van der Waals surface area contributed by atoms with Gasteiger partial charge in [0, 0.05) is 38.1 Å². The van der Waals surface area contributed by atoms with Gasteiger partial charge < -0.3 is 15.0 Å². The van der Waals surface area contributed by atoms with Gasteiger partial charge in [-0.05, 0) is 38.4 Å². The summed E-state index contributed by atoms with van der Waals surface area (Å²) in [6.45, 7) is 12.3. The molecular weight excluding hydrogens is 250 g/mol. The lowest BCUT2D eigenvalue weighted by molar-refractivity contribution is 0.182. The van der Waals surface area contributed by atoms with Crippen molar-refractivity contribution >= 4 is 5.69 Å². The van der Waals surface area contributed by atoms with Gasteiger partial charge in [-0.1, -0.05) is 13.8 Å². The molecule has 1 unspecified atom stereocenters. The monoisotopic (exact) mass is 279 g/mol. The lowest BCUT2D eigenvalue weighted by Gasteiger charge is -2.30. The van der Waals surface area contributed by atoms with E-state index in [1.807, 2.05) is 6.20 Å². The van der Waals surface area contributed by atoms with Gasteiger partial charge in [0.25, 0.3) is 0 Å². The third kappa shape index (κ3) is 5.47. The number of aromatic nitrogens is 1. The molecule has 1 heterocycles. The van der Waals surface area contributed by atoms with Crippen molar-refractivity contribution in [3.63, 3.8) is 0 Å². The average molecular weight is 279 g/mol. The Balaban J connectivity index is 2.69. The molecule has 114 valence electrons. The van der Waals surface area contributed by atoms with Crippen LogP contribution in [0.3, 0.4) is 0 Å². The van der Waals surface area contributed by atoms with Gasteiger partial charge in [-0.15, -0.1) is 0 Å². The predicted octanol–water partition coefficient (Wildman–Crippen LogP) is 2.69. The molecule has 0 aromatic carbocycles. The zero-order chi connectivity index (χ0) is 15.0. The van der Waals surface area contributed by atoms with E-state index in [2.05, 4.69) is 55.0 Å². The molecule has 0 aliphatic heterocycles. The maximum Gasteiger partial charge on any atom is 0.0663 e. The first-order valence-electron chi connectivity index (χ1n) is 7.49. The molecule has 4 heteroatoms. The van der Waals surface area contributed by atoms with Crippen molar-refractivity contribution in [1.29, 1.82) is 0 Å². The molecule has 1 N–H and O–H groups in total. The third-order valence-electron chi connectivity index (χ3n) is 3.27. The Hall–Kier alpha value is -1.13. The highest BCUT2D eigenvalue weighted by Gasteiger charge is 2.13. The van der Waals surface area contributed by atoms with Gasteiger partial charge >= 0.3 is 0 Å². The molecule has 20 heavy (non-hydrogen) atoms. The van der Waals surface area contributed by atoms with Gasteiger partial charge in [0.05, 0.1) is 12.3 Å². The minimum atomic E-state index is 0.365. The van der Waals surface area contributed by atoms with Crippen molar-refractivity contribution in [3.8, 4) is 0 Å². The van der Waals surface area contributed by atoms with E-state index < -0.39 is 0 Å². The molecule has 1 aromatic rings. The SMILES string of the molecule is CCN(c1ccnc(CNCC(C)C)c1)C(C)COC. The molecule has 0 aliphatic rings. The fourth-order valence-electron chi connectivity index (χ4n) is 2.31. The number of nitrogens with zero attached hydrogens (tertiary/aromatic N) is 2. The minimum absolute atomic E-state index is 0.365. The number of methoxy groups -OCH3 is 1. The number of hydrogen-bond donors (Lipinski definition) is 1. The highest BCUT2D eigenvalue weighted by Crippen LogP contribution is 2.17. The predicted molar refractivity (Wildman–Crippen MR) is 85.1 cm³/mol.